The van der Waals surface area contributed by atoms with Gasteiger partial charge in [-0.3, -0.25) is 4.72 Å². The third-order valence-electron chi connectivity index (χ3n) is 3.42. The minimum Gasteiger partial charge on any atom is -0.280 e. The molecule has 3 aromatic rings. The number of rotatable bonds is 4. The summed E-state index contributed by atoms with van der Waals surface area (Å²) in [6.45, 7) is 0. The Balaban J connectivity index is 1.96. The van der Waals surface area contributed by atoms with Gasteiger partial charge >= 0.3 is 6.18 Å². The molecule has 0 aliphatic rings. The Labute approximate surface area is 152 Å². The fraction of sp³-hybridized carbons (Fsp3) is 0.0625. The van der Waals surface area contributed by atoms with E-state index in [0.717, 1.165) is 12.1 Å². The number of halogens is 4. The second-order valence-corrected chi connectivity index (χ2v) is 7.31. The summed E-state index contributed by atoms with van der Waals surface area (Å²) >= 11 is 5.81. The van der Waals surface area contributed by atoms with Crippen LogP contribution < -0.4 is 4.72 Å². The van der Waals surface area contributed by atoms with E-state index in [9.17, 15) is 21.6 Å². The third kappa shape index (κ3) is 3.83. The topological polar surface area (TPSA) is 64.0 Å². The zero-order chi connectivity index (χ0) is 18.9. The van der Waals surface area contributed by atoms with E-state index in [0.29, 0.717) is 11.8 Å². The molecule has 1 aromatic heterocycles. The van der Waals surface area contributed by atoms with Crippen LogP contribution in [0.1, 0.15) is 5.56 Å². The minimum atomic E-state index is -4.69. The summed E-state index contributed by atoms with van der Waals surface area (Å²) in [5.74, 6) is 0. The number of hydrogen-bond acceptors (Lipinski definition) is 3. The summed E-state index contributed by atoms with van der Waals surface area (Å²) in [6, 6.07) is 10.1. The second kappa shape index (κ2) is 6.65. The lowest BCUT2D eigenvalue weighted by Gasteiger charge is -2.13. The lowest BCUT2D eigenvalue weighted by Crippen LogP contribution is -2.15. The lowest BCUT2D eigenvalue weighted by atomic mass is 10.2. The molecule has 5 nitrogen and oxygen atoms in total. The highest BCUT2D eigenvalue weighted by Gasteiger charge is 2.32. The van der Waals surface area contributed by atoms with Crippen LogP contribution in [0.15, 0.2) is 65.8 Å². The number of anilines is 1. The Bertz CT molecular complexity index is 1040. The molecule has 0 spiro atoms. The molecule has 0 saturated heterocycles. The first-order chi connectivity index (χ1) is 12.2. The number of benzene rings is 2. The van der Waals surface area contributed by atoms with E-state index in [4.69, 9.17) is 11.6 Å². The molecule has 0 radical (unpaired) electrons. The molecule has 10 heteroatoms. The highest BCUT2D eigenvalue weighted by molar-refractivity contribution is 7.92. The van der Waals surface area contributed by atoms with Crippen LogP contribution in [0.5, 0.6) is 0 Å². The highest BCUT2D eigenvalue weighted by Crippen LogP contribution is 2.34. The molecule has 1 heterocycles. The second-order valence-electron chi connectivity index (χ2n) is 5.25. The molecule has 0 saturated carbocycles. The Morgan fingerprint density at radius 1 is 1.08 bits per heavy atom. The SMILES string of the molecule is O=S(=O)(Nc1cccc(-n2cccn2)c1)c1cc(C(F)(F)F)ccc1Cl. The molecule has 2 aromatic carbocycles. The molecular weight excluding hydrogens is 391 g/mol. The summed E-state index contributed by atoms with van der Waals surface area (Å²) in [5.41, 5.74) is -0.371. The van der Waals surface area contributed by atoms with Gasteiger partial charge in [0.25, 0.3) is 10.0 Å². The standard InChI is InChI=1S/C16H11ClF3N3O2S/c17-14-6-5-11(16(18,19)20)9-15(14)26(24,25)22-12-3-1-4-13(10-12)23-8-2-7-21-23/h1-10,22H. The molecule has 1 N–H and O–H groups in total. The molecule has 0 fully saturated rings. The summed E-state index contributed by atoms with van der Waals surface area (Å²) in [7, 11) is -4.32. The van der Waals surface area contributed by atoms with Gasteiger partial charge in [0.15, 0.2) is 0 Å². The molecule has 0 aliphatic heterocycles. The average Bonchev–Trinajstić information content (AvgIpc) is 3.08. The average molecular weight is 402 g/mol. The summed E-state index contributed by atoms with van der Waals surface area (Å²) in [5, 5.41) is 3.72. The summed E-state index contributed by atoms with van der Waals surface area (Å²) in [4.78, 5) is -0.654. The van der Waals surface area contributed by atoms with Crippen molar-refractivity contribution in [3.05, 3.63) is 71.5 Å². The van der Waals surface area contributed by atoms with Crippen molar-refractivity contribution in [2.75, 3.05) is 4.72 Å². The van der Waals surface area contributed by atoms with Crippen molar-refractivity contribution in [2.45, 2.75) is 11.1 Å². The van der Waals surface area contributed by atoms with E-state index in [-0.39, 0.29) is 10.7 Å². The van der Waals surface area contributed by atoms with Gasteiger partial charge in [-0.1, -0.05) is 17.7 Å². The smallest absolute Gasteiger partial charge is 0.280 e. The first-order valence-corrected chi connectivity index (χ1v) is 9.02. The monoisotopic (exact) mass is 401 g/mol. The van der Waals surface area contributed by atoms with Crippen LogP contribution in [0.4, 0.5) is 18.9 Å². The Morgan fingerprint density at radius 2 is 1.85 bits per heavy atom. The first kappa shape index (κ1) is 18.3. The fourth-order valence-corrected chi connectivity index (χ4v) is 3.81. The highest BCUT2D eigenvalue weighted by atomic mass is 35.5. The van der Waals surface area contributed by atoms with Gasteiger partial charge in [0.1, 0.15) is 4.90 Å². The quantitative estimate of drug-likeness (QED) is 0.707. The zero-order valence-corrected chi connectivity index (χ0v) is 14.5. The zero-order valence-electron chi connectivity index (χ0n) is 12.9. The van der Waals surface area contributed by atoms with Crippen molar-refractivity contribution in [2.24, 2.45) is 0 Å². The van der Waals surface area contributed by atoms with Crippen molar-refractivity contribution in [3.8, 4) is 5.69 Å². The van der Waals surface area contributed by atoms with Crippen molar-refractivity contribution in [3.63, 3.8) is 0 Å². The maximum absolute atomic E-state index is 12.9. The van der Waals surface area contributed by atoms with Gasteiger partial charge < -0.3 is 0 Å². The van der Waals surface area contributed by atoms with E-state index in [1.54, 1.807) is 30.6 Å². The van der Waals surface area contributed by atoms with Crippen LogP contribution in [0.25, 0.3) is 5.69 Å². The number of nitrogens with zero attached hydrogens (tertiary/aromatic N) is 2. The summed E-state index contributed by atoms with van der Waals surface area (Å²) in [6.07, 6.45) is -1.47. The normalized spacial score (nSPS) is 12.2. The van der Waals surface area contributed by atoms with Crippen molar-refractivity contribution >= 4 is 27.3 Å². The summed E-state index contributed by atoms with van der Waals surface area (Å²) < 4.78 is 67.3. The van der Waals surface area contributed by atoms with Gasteiger partial charge in [-0.25, -0.2) is 13.1 Å². The number of nitrogens with one attached hydrogen (secondary N) is 1. The van der Waals surface area contributed by atoms with E-state index in [2.05, 4.69) is 9.82 Å². The molecule has 0 bridgehead atoms. The van der Waals surface area contributed by atoms with Crippen LogP contribution in [0.3, 0.4) is 0 Å². The van der Waals surface area contributed by atoms with Crippen molar-refractivity contribution in [1.82, 2.24) is 9.78 Å². The van der Waals surface area contributed by atoms with Gasteiger partial charge in [-0.2, -0.15) is 18.3 Å². The van der Waals surface area contributed by atoms with Crippen molar-refractivity contribution in [1.29, 1.82) is 0 Å². The number of sulfonamides is 1. The largest absolute Gasteiger partial charge is 0.416 e. The van der Waals surface area contributed by atoms with Gasteiger partial charge in [0.2, 0.25) is 0 Å². The Morgan fingerprint density at radius 3 is 2.50 bits per heavy atom. The minimum absolute atomic E-state index is 0.159. The van der Waals surface area contributed by atoms with E-state index in [1.165, 1.54) is 16.8 Å². The fourth-order valence-electron chi connectivity index (χ4n) is 2.23. The molecule has 136 valence electrons. The first-order valence-electron chi connectivity index (χ1n) is 7.16. The number of alkyl halides is 3. The molecule has 0 unspecified atom stereocenters. The number of hydrogen-bond donors (Lipinski definition) is 1. The number of aromatic nitrogens is 2. The van der Waals surface area contributed by atoms with Crippen molar-refractivity contribution < 1.29 is 21.6 Å². The van der Waals surface area contributed by atoms with Crippen LogP contribution in [0.2, 0.25) is 5.02 Å². The van der Waals surface area contributed by atoms with E-state index in [1.807, 2.05) is 0 Å². The van der Waals surface area contributed by atoms with Gasteiger partial charge in [-0.15, -0.1) is 0 Å². The third-order valence-corrected chi connectivity index (χ3v) is 5.28. The van der Waals surface area contributed by atoms with Gasteiger partial charge in [0, 0.05) is 12.4 Å². The molecule has 0 amide bonds. The van der Waals surface area contributed by atoms with Crippen LogP contribution in [-0.4, -0.2) is 18.2 Å². The van der Waals surface area contributed by atoms with E-state index >= 15 is 0 Å². The molecule has 26 heavy (non-hydrogen) atoms. The van der Waals surface area contributed by atoms with Crippen LogP contribution in [0, 0.1) is 0 Å². The predicted octanol–water partition coefficient (Wildman–Crippen LogP) is 4.35. The molecule has 0 atom stereocenters. The van der Waals surface area contributed by atoms with E-state index < -0.39 is 26.7 Å². The maximum Gasteiger partial charge on any atom is 0.416 e. The lowest BCUT2D eigenvalue weighted by molar-refractivity contribution is -0.137. The van der Waals surface area contributed by atoms with Gasteiger partial charge in [-0.05, 0) is 42.5 Å². The van der Waals surface area contributed by atoms with Crippen LogP contribution in [-0.2, 0) is 16.2 Å². The Kier molecular flexibility index (Phi) is 4.68. The van der Waals surface area contributed by atoms with Gasteiger partial charge in [0.05, 0.1) is 22.0 Å². The molecular formula is C16H11ClF3N3O2S. The van der Waals surface area contributed by atoms with Crippen LogP contribution >= 0.6 is 11.6 Å². The maximum atomic E-state index is 12.9. The Hall–Kier alpha value is -2.52. The predicted molar refractivity (Wildman–Crippen MR) is 90.8 cm³/mol. The molecule has 3 rings (SSSR count). The molecule has 0 aliphatic carbocycles.